The highest BCUT2D eigenvalue weighted by Gasteiger charge is 2.28. The molecule has 1 fully saturated rings. The second kappa shape index (κ2) is 5.64. The van der Waals surface area contributed by atoms with Crippen LogP contribution in [0.2, 0.25) is 0 Å². The molecular weight excluding hydrogens is 238 g/mol. The van der Waals surface area contributed by atoms with Gasteiger partial charge in [0.05, 0.1) is 5.92 Å². The Kier molecular flexibility index (Phi) is 4.13. The SMILES string of the molecule is Cc1cccc(N(C)C2CCC(C(=O)O)CC2)c1C. The molecular formula is C16H23NO2. The van der Waals surface area contributed by atoms with E-state index in [0.717, 1.165) is 25.7 Å². The third kappa shape index (κ3) is 2.91. The molecule has 0 spiro atoms. The van der Waals surface area contributed by atoms with Crippen LogP contribution in [0.3, 0.4) is 0 Å². The predicted molar refractivity (Wildman–Crippen MR) is 77.7 cm³/mol. The Balaban J connectivity index is 2.07. The summed E-state index contributed by atoms with van der Waals surface area (Å²) in [5.41, 5.74) is 3.91. The minimum Gasteiger partial charge on any atom is -0.481 e. The van der Waals surface area contributed by atoms with Gasteiger partial charge in [0.2, 0.25) is 0 Å². The van der Waals surface area contributed by atoms with Crippen molar-refractivity contribution >= 4 is 11.7 Å². The first-order chi connectivity index (χ1) is 9.00. The zero-order valence-electron chi connectivity index (χ0n) is 12.0. The van der Waals surface area contributed by atoms with Gasteiger partial charge in [-0.3, -0.25) is 4.79 Å². The maximum Gasteiger partial charge on any atom is 0.306 e. The van der Waals surface area contributed by atoms with Crippen LogP contribution in [0, 0.1) is 19.8 Å². The van der Waals surface area contributed by atoms with Crippen LogP contribution in [0.1, 0.15) is 36.8 Å². The summed E-state index contributed by atoms with van der Waals surface area (Å²) in [6, 6.07) is 6.85. The van der Waals surface area contributed by atoms with Gasteiger partial charge in [0.25, 0.3) is 0 Å². The van der Waals surface area contributed by atoms with Crippen molar-refractivity contribution in [2.45, 2.75) is 45.6 Å². The largest absolute Gasteiger partial charge is 0.481 e. The number of nitrogens with zero attached hydrogens (tertiary/aromatic N) is 1. The van der Waals surface area contributed by atoms with E-state index in [-0.39, 0.29) is 5.92 Å². The third-order valence-electron chi connectivity index (χ3n) is 4.55. The lowest BCUT2D eigenvalue weighted by Crippen LogP contribution is -2.37. The number of carbonyl (C=O) groups is 1. The zero-order valence-corrected chi connectivity index (χ0v) is 12.0. The second-order valence-corrected chi connectivity index (χ2v) is 5.67. The van der Waals surface area contributed by atoms with Crippen LogP contribution in [-0.4, -0.2) is 24.2 Å². The number of anilines is 1. The van der Waals surface area contributed by atoms with E-state index >= 15 is 0 Å². The Morgan fingerprint density at radius 2 is 1.84 bits per heavy atom. The van der Waals surface area contributed by atoms with Gasteiger partial charge in [0, 0.05) is 18.8 Å². The van der Waals surface area contributed by atoms with Crippen molar-refractivity contribution in [3.8, 4) is 0 Å². The van der Waals surface area contributed by atoms with E-state index in [0.29, 0.717) is 6.04 Å². The molecule has 1 N–H and O–H groups in total. The molecule has 2 rings (SSSR count). The minimum atomic E-state index is -0.632. The molecule has 0 aliphatic heterocycles. The molecule has 0 radical (unpaired) electrons. The Hall–Kier alpha value is -1.51. The molecule has 1 aromatic carbocycles. The molecule has 0 saturated heterocycles. The van der Waals surface area contributed by atoms with Crippen molar-refractivity contribution in [3.05, 3.63) is 29.3 Å². The van der Waals surface area contributed by atoms with E-state index in [1.165, 1.54) is 16.8 Å². The van der Waals surface area contributed by atoms with Crippen molar-refractivity contribution in [1.82, 2.24) is 0 Å². The lowest BCUT2D eigenvalue weighted by atomic mass is 9.85. The quantitative estimate of drug-likeness (QED) is 0.906. The van der Waals surface area contributed by atoms with E-state index in [9.17, 15) is 4.79 Å². The number of aryl methyl sites for hydroxylation is 1. The van der Waals surface area contributed by atoms with Crippen LogP contribution in [-0.2, 0) is 4.79 Å². The molecule has 3 heteroatoms. The average Bonchev–Trinajstić information content (AvgIpc) is 2.41. The summed E-state index contributed by atoms with van der Waals surface area (Å²) in [7, 11) is 2.13. The first-order valence-corrected chi connectivity index (χ1v) is 7.02. The summed E-state index contributed by atoms with van der Waals surface area (Å²) in [6.07, 6.45) is 3.55. The first kappa shape index (κ1) is 13.9. The topological polar surface area (TPSA) is 40.5 Å². The van der Waals surface area contributed by atoms with Gasteiger partial charge in [-0.25, -0.2) is 0 Å². The fraction of sp³-hybridized carbons (Fsp3) is 0.562. The molecule has 19 heavy (non-hydrogen) atoms. The number of hydrogen-bond acceptors (Lipinski definition) is 2. The van der Waals surface area contributed by atoms with Gasteiger partial charge >= 0.3 is 5.97 Å². The van der Waals surface area contributed by atoms with Gasteiger partial charge in [0.15, 0.2) is 0 Å². The van der Waals surface area contributed by atoms with Crippen LogP contribution in [0.5, 0.6) is 0 Å². The van der Waals surface area contributed by atoms with Crippen molar-refractivity contribution in [2.75, 3.05) is 11.9 Å². The summed E-state index contributed by atoms with van der Waals surface area (Å²) >= 11 is 0. The summed E-state index contributed by atoms with van der Waals surface area (Å²) in [5.74, 6) is -0.768. The molecule has 0 unspecified atom stereocenters. The van der Waals surface area contributed by atoms with E-state index in [1.807, 2.05) is 0 Å². The van der Waals surface area contributed by atoms with Gasteiger partial charge < -0.3 is 10.0 Å². The lowest BCUT2D eigenvalue weighted by molar-refractivity contribution is -0.142. The summed E-state index contributed by atoms with van der Waals surface area (Å²) in [5, 5.41) is 9.05. The van der Waals surface area contributed by atoms with Gasteiger partial charge in [-0.2, -0.15) is 0 Å². The molecule has 1 saturated carbocycles. The van der Waals surface area contributed by atoms with Gasteiger partial charge in [-0.05, 0) is 56.7 Å². The number of rotatable bonds is 3. The summed E-state index contributed by atoms with van der Waals surface area (Å²) in [4.78, 5) is 13.3. The molecule has 1 aromatic rings. The lowest BCUT2D eigenvalue weighted by Gasteiger charge is -2.36. The number of carboxylic acid groups (broad SMARTS) is 1. The zero-order chi connectivity index (χ0) is 14.0. The van der Waals surface area contributed by atoms with Crippen molar-refractivity contribution < 1.29 is 9.90 Å². The van der Waals surface area contributed by atoms with Gasteiger partial charge in [0.1, 0.15) is 0 Å². The van der Waals surface area contributed by atoms with E-state index in [1.54, 1.807) is 0 Å². The van der Waals surface area contributed by atoms with Crippen LogP contribution in [0.4, 0.5) is 5.69 Å². The van der Waals surface area contributed by atoms with Crippen molar-refractivity contribution in [2.24, 2.45) is 5.92 Å². The van der Waals surface area contributed by atoms with Gasteiger partial charge in [-0.15, -0.1) is 0 Å². The van der Waals surface area contributed by atoms with Crippen LogP contribution in [0.25, 0.3) is 0 Å². The summed E-state index contributed by atoms with van der Waals surface area (Å²) in [6.45, 7) is 4.29. The van der Waals surface area contributed by atoms with Crippen molar-refractivity contribution in [3.63, 3.8) is 0 Å². The maximum absolute atomic E-state index is 11.0. The smallest absolute Gasteiger partial charge is 0.306 e. The second-order valence-electron chi connectivity index (χ2n) is 5.67. The highest BCUT2D eigenvalue weighted by atomic mass is 16.4. The molecule has 0 atom stereocenters. The highest BCUT2D eigenvalue weighted by Crippen LogP contribution is 2.31. The molecule has 0 amide bonds. The Morgan fingerprint density at radius 3 is 2.42 bits per heavy atom. The van der Waals surface area contributed by atoms with Gasteiger partial charge in [-0.1, -0.05) is 12.1 Å². The molecule has 104 valence electrons. The van der Waals surface area contributed by atoms with E-state index in [4.69, 9.17) is 5.11 Å². The first-order valence-electron chi connectivity index (χ1n) is 7.02. The standard InChI is InChI=1S/C16H23NO2/c1-11-5-4-6-15(12(11)2)17(3)14-9-7-13(8-10-14)16(18)19/h4-6,13-14H,7-10H2,1-3H3,(H,18,19). The Morgan fingerprint density at radius 1 is 1.21 bits per heavy atom. The van der Waals surface area contributed by atoms with Crippen LogP contribution < -0.4 is 4.90 Å². The number of carboxylic acids is 1. The minimum absolute atomic E-state index is 0.136. The predicted octanol–water partition coefficient (Wildman–Crippen LogP) is 3.38. The molecule has 1 aliphatic rings. The third-order valence-corrected chi connectivity index (χ3v) is 4.55. The maximum atomic E-state index is 11.0. The Labute approximate surface area is 115 Å². The average molecular weight is 261 g/mol. The molecule has 0 aromatic heterocycles. The van der Waals surface area contributed by atoms with Crippen LogP contribution in [0.15, 0.2) is 18.2 Å². The number of benzene rings is 1. The molecule has 1 aliphatic carbocycles. The molecule has 0 bridgehead atoms. The Bertz CT molecular complexity index is 462. The number of hydrogen-bond donors (Lipinski definition) is 1. The van der Waals surface area contributed by atoms with Crippen molar-refractivity contribution in [1.29, 1.82) is 0 Å². The fourth-order valence-electron chi connectivity index (χ4n) is 3.02. The molecule has 3 nitrogen and oxygen atoms in total. The summed E-state index contributed by atoms with van der Waals surface area (Å²) < 4.78 is 0. The highest BCUT2D eigenvalue weighted by molar-refractivity contribution is 5.70. The fourth-order valence-corrected chi connectivity index (χ4v) is 3.02. The van der Waals surface area contributed by atoms with E-state index in [2.05, 4.69) is 44.0 Å². The van der Waals surface area contributed by atoms with E-state index < -0.39 is 5.97 Å². The molecule has 0 heterocycles. The number of aliphatic carboxylic acids is 1. The monoisotopic (exact) mass is 261 g/mol. The normalized spacial score (nSPS) is 23.1. The van der Waals surface area contributed by atoms with Crippen LogP contribution >= 0.6 is 0 Å².